The number of amides is 1. The van der Waals surface area contributed by atoms with E-state index in [2.05, 4.69) is 9.56 Å². The number of benzene rings is 3. The van der Waals surface area contributed by atoms with Gasteiger partial charge in [-0.05, 0) is 29.8 Å². The number of aromatic nitrogens is 1. The summed E-state index contributed by atoms with van der Waals surface area (Å²) in [6.45, 7) is 1.02. The third-order valence-electron chi connectivity index (χ3n) is 6.23. The molecule has 1 N–H and O–H groups in total. The van der Waals surface area contributed by atoms with Gasteiger partial charge in [0.25, 0.3) is 5.91 Å². The number of ether oxygens (including phenoxy) is 1. The molecule has 1 amide bonds. The van der Waals surface area contributed by atoms with Crippen LogP contribution in [0.1, 0.15) is 11.1 Å². The van der Waals surface area contributed by atoms with Crippen LogP contribution < -0.4 is 4.74 Å². The number of fused-ring (bicyclic) bond motifs is 2. The van der Waals surface area contributed by atoms with Gasteiger partial charge in [0.15, 0.2) is 5.17 Å². The molecule has 3 aromatic carbocycles. The lowest BCUT2D eigenvalue weighted by Crippen LogP contribution is -2.38. The molecule has 0 saturated carbocycles. The molecule has 0 atom stereocenters. The molecular formula is C29H21ClN4O2S. The highest BCUT2D eigenvalue weighted by Gasteiger charge is 2.36. The second kappa shape index (κ2) is 9.76. The van der Waals surface area contributed by atoms with Gasteiger partial charge in [-0.3, -0.25) is 15.1 Å². The summed E-state index contributed by atoms with van der Waals surface area (Å²) in [7, 11) is 0. The molecule has 6 rings (SSSR count). The van der Waals surface area contributed by atoms with Crippen LogP contribution in [0, 0.1) is 5.41 Å². The van der Waals surface area contributed by atoms with Crippen LogP contribution in [0.5, 0.6) is 5.75 Å². The van der Waals surface area contributed by atoms with Gasteiger partial charge in [0, 0.05) is 28.1 Å². The van der Waals surface area contributed by atoms with Gasteiger partial charge in [0.2, 0.25) is 0 Å². The summed E-state index contributed by atoms with van der Waals surface area (Å²) in [5.41, 5.74) is 3.92. The first-order valence-electron chi connectivity index (χ1n) is 11.7. The predicted molar refractivity (Wildman–Crippen MR) is 151 cm³/mol. The first-order valence-corrected chi connectivity index (χ1v) is 13.0. The zero-order valence-electron chi connectivity index (χ0n) is 19.6. The van der Waals surface area contributed by atoms with E-state index in [1.807, 2.05) is 84.4 Å². The number of aliphatic imine (C=N–C) groups is 1. The van der Waals surface area contributed by atoms with Crippen LogP contribution in [0.2, 0.25) is 5.02 Å². The normalized spacial score (nSPS) is 16.2. The quantitative estimate of drug-likeness (QED) is 0.286. The molecule has 0 bridgehead atoms. The fourth-order valence-electron chi connectivity index (χ4n) is 4.46. The van der Waals surface area contributed by atoms with Crippen molar-refractivity contribution in [3.05, 3.63) is 112 Å². The van der Waals surface area contributed by atoms with Crippen molar-refractivity contribution < 1.29 is 9.53 Å². The van der Waals surface area contributed by atoms with Crippen LogP contribution >= 0.6 is 23.4 Å². The fraction of sp³-hybridized carbons (Fsp3) is 0.0690. The third-order valence-corrected chi connectivity index (χ3v) is 7.37. The predicted octanol–water partition coefficient (Wildman–Crippen LogP) is 6.68. The highest BCUT2D eigenvalue weighted by Crippen LogP contribution is 2.37. The summed E-state index contributed by atoms with van der Waals surface area (Å²) in [4.78, 5) is 19.0. The van der Waals surface area contributed by atoms with Crippen LogP contribution in [0.15, 0.2) is 101 Å². The van der Waals surface area contributed by atoms with Crippen molar-refractivity contribution in [3.8, 4) is 5.75 Å². The van der Waals surface area contributed by atoms with Gasteiger partial charge < -0.3 is 9.30 Å². The van der Waals surface area contributed by atoms with E-state index in [1.165, 1.54) is 11.8 Å². The van der Waals surface area contributed by atoms with Gasteiger partial charge in [0.1, 0.15) is 18.2 Å². The van der Waals surface area contributed by atoms with E-state index in [-0.39, 0.29) is 11.4 Å². The monoisotopic (exact) mass is 524 g/mol. The second-order valence-corrected chi connectivity index (χ2v) is 9.75. The maximum Gasteiger partial charge on any atom is 0.283 e. The van der Waals surface area contributed by atoms with E-state index in [0.717, 1.165) is 27.7 Å². The maximum atomic E-state index is 13.0. The number of thioether (sulfide) groups is 1. The number of nitrogens with one attached hydrogen (secondary N) is 1. The van der Waals surface area contributed by atoms with E-state index >= 15 is 0 Å². The van der Waals surface area contributed by atoms with Crippen LogP contribution in [0.25, 0.3) is 22.7 Å². The van der Waals surface area contributed by atoms with E-state index in [4.69, 9.17) is 21.7 Å². The maximum absolute atomic E-state index is 13.0. The van der Waals surface area contributed by atoms with Crippen molar-refractivity contribution >= 4 is 62.9 Å². The van der Waals surface area contributed by atoms with E-state index in [1.54, 1.807) is 17.0 Å². The number of hydrogen-bond donors (Lipinski definition) is 1. The molecule has 0 spiro atoms. The Bertz CT molecular complexity index is 1640. The summed E-state index contributed by atoms with van der Waals surface area (Å²) >= 11 is 7.57. The Kier molecular flexibility index (Phi) is 6.16. The summed E-state index contributed by atoms with van der Waals surface area (Å²) in [6.07, 6.45) is 3.75. The Morgan fingerprint density at radius 1 is 1.00 bits per heavy atom. The van der Waals surface area contributed by atoms with Gasteiger partial charge >= 0.3 is 0 Å². The Labute approximate surface area is 223 Å². The zero-order chi connectivity index (χ0) is 25.4. The molecule has 1 aromatic heterocycles. The van der Waals surface area contributed by atoms with Crippen LogP contribution in [0.3, 0.4) is 0 Å². The van der Waals surface area contributed by atoms with Crippen LogP contribution in [0.4, 0.5) is 0 Å². The Morgan fingerprint density at radius 3 is 2.59 bits per heavy atom. The molecule has 37 heavy (non-hydrogen) atoms. The molecular weight excluding hydrogens is 504 g/mol. The molecule has 4 aromatic rings. The first-order chi connectivity index (χ1) is 18.1. The highest BCUT2D eigenvalue weighted by molar-refractivity contribution is 8.17. The van der Waals surface area contributed by atoms with Crippen LogP contribution in [-0.4, -0.2) is 33.0 Å². The van der Waals surface area contributed by atoms with E-state index in [0.29, 0.717) is 29.1 Å². The molecule has 6 nitrogen and oxygen atoms in total. The topological polar surface area (TPSA) is 70.7 Å². The number of nitrogens with zero attached hydrogens (tertiary/aromatic N) is 3. The van der Waals surface area contributed by atoms with Gasteiger partial charge in [-0.15, -0.1) is 0 Å². The molecule has 2 aliphatic rings. The zero-order valence-corrected chi connectivity index (χ0v) is 21.2. The molecule has 2 aliphatic heterocycles. The minimum atomic E-state index is -0.412. The average molecular weight is 525 g/mol. The van der Waals surface area contributed by atoms with Crippen molar-refractivity contribution in [2.45, 2.75) is 6.54 Å². The van der Waals surface area contributed by atoms with E-state index < -0.39 is 5.91 Å². The number of rotatable bonds is 6. The lowest BCUT2D eigenvalue weighted by atomic mass is 10.1. The van der Waals surface area contributed by atoms with Crippen molar-refractivity contribution in [2.24, 2.45) is 4.99 Å². The first kappa shape index (κ1) is 23.3. The largest absolute Gasteiger partial charge is 0.490 e. The van der Waals surface area contributed by atoms with E-state index in [9.17, 15) is 4.79 Å². The average Bonchev–Trinajstić information content (AvgIpc) is 3.50. The van der Waals surface area contributed by atoms with Crippen molar-refractivity contribution in [1.82, 2.24) is 9.47 Å². The van der Waals surface area contributed by atoms with Crippen molar-refractivity contribution in [1.29, 1.82) is 5.41 Å². The molecule has 0 aliphatic carbocycles. The smallest absolute Gasteiger partial charge is 0.283 e. The van der Waals surface area contributed by atoms with Gasteiger partial charge in [-0.1, -0.05) is 84.0 Å². The standard InChI is InChI=1S/C29H21ClN4O2S/c30-23-11-5-7-13-26(23)36-15-14-33-17-20(21-10-4-6-12-24(21)33)16-22-27(31)34-25(19-8-2-1-3-9-19)18-37-29(34)32-28(22)35/h1-13,16-18,31H,14-15H2. The SMILES string of the molecule is N=C1C(=Cc2cn(CCOc3ccccc3Cl)c3ccccc23)C(=O)N=C2SC=C(c3ccccc3)N12. The highest BCUT2D eigenvalue weighted by atomic mass is 35.5. The molecule has 0 fully saturated rings. The summed E-state index contributed by atoms with van der Waals surface area (Å²) in [5.74, 6) is 0.350. The summed E-state index contributed by atoms with van der Waals surface area (Å²) in [6, 6.07) is 25.2. The van der Waals surface area contributed by atoms with Crippen LogP contribution in [-0.2, 0) is 11.3 Å². The van der Waals surface area contributed by atoms with Gasteiger partial charge in [0.05, 0.1) is 22.8 Å². The molecule has 182 valence electrons. The number of para-hydroxylation sites is 2. The summed E-state index contributed by atoms with van der Waals surface area (Å²) in [5, 5.41) is 12.9. The molecule has 3 heterocycles. The number of carbonyl (C=O) groups is 1. The lowest BCUT2D eigenvalue weighted by Gasteiger charge is -2.26. The Morgan fingerprint density at radius 2 is 1.76 bits per heavy atom. The molecule has 8 heteroatoms. The van der Waals surface area contributed by atoms with Gasteiger partial charge in [-0.2, -0.15) is 4.99 Å². The number of carbonyl (C=O) groups excluding carboxylic acids is 1. The lowest BCUT2D eigenvalue weighted by molar-refractivity contribution is -0.114. The third kappa shape index (κ3) is 4.37. The molecule has 0 unspecified atom stereocenters. The fourth-order valence-corrected chi connectivity index (χ4v) is 5.54. The minimum absolute atomic E-state index is 0.119. The number of amidine groups is 2. The number of hydrogen-bond acceptors (Lipinski definition) is 4. The Balaban J connectivity index is 1.31. The molecule has 0 saturated heterocycles. The van der Waals surface area contributed by atoms with Crippen molar-refractivity contribution in [2.75, 3.05) is 6.61 Å². The van der Waals surface area contributed by atoms with Crippen molar-refractivity contribution in [3.63, 3.8) is 0 Å². The summed E-state index contributed by atoms with van der Waals surface area (Å²) < 4.78 is 7.98. The Hall–Kier alpha value is -4.07. The second-order valence-electron chi connectivity index (χ2n) is 8.50. The van der Waals surface area contributed by atoms with Gasteiger partial charge in [-0.25, -0.2) is 0 Å². The molecule has 0 radical (unpaired) electrons. The minimum Gasteiger partial charge on any atom is -0.490 e. The number of halogens is 1.